The van der Waals surface area contributed by atoms with E-state index in [0.29, 0.717) is 9.49 Å². The van der Waals surface area contributed by atoms with E-state index in [9.17, 15) is 9.59 Å². The molecule has 0 N–H and O–H groups in total. The molecule has 2 aromatic heterocycles. The summed E-state index contributed by atoms with van der Waals surface area (Å²) in [6, 6.07) is 7.84. The minimum atomic E-state index is -0.395. The summed E-state index contributed by atoms with van der Waals surface area (Å²) in [6.45, 7) is 3.55. The van der Waals surface area contributed by atoms with Crippen molar-refractivity contribution >= 4 is 22.4 Å². The Balaban J connectivity index is 2.27. The van der Waals surface area contributed by atoms with Gasteiger partial charge in [0.15, 0.2) is 0 Å². The van der Waals surface area contributed by atoms with E-state index in [0.717, 1.165) is 11.1 Å². The number of thiazole rings is 1. The Labute approximate surface area is 117 Å². The Morgan fingerprint density at radius 1 is 1.15 bits per heavy atom. The minimum Gasteiger partial charge on any atom is -0.266 e. The van der Waals surface area contributed by atoms with E-state index in [1.165, 1.54) is 15.9 Å². The zero-order valence-electron chi connectivity index (χ0n) is 11.0. The first-order chi connectivity index (χ1) is 9.54. The molecule has 3 aromatic rings. The summed E-state index contributed by atoms with van der Waals surface area (Å²) >= 11 is 1.17. The molecule has 6 heteroatoms. The van der Waals surface area contributed by atoms with Crippen molar-refractivity contribution in [1.82, 2.24) is 14.6 Å². The molecule has 0 radical (unpaired) electrons. The van der Waals surface area contributed by atoms with E-state index < -0.39 is 5.56 Å². The highest BCUT2D eigenvalue weighted by Crippen LogP contribution is 2.04. The van der Waals surface area contributed by atoms with Crippen LogP contribution in [0.5, 0.6) is 0 Å². The highest BCUT2D eigenvalue weighted by molar-refractivity contribution is 7.15. The standard InChI is InChI=1S/C14H11N3O2S/c1-8-3-5-10(6-4-8)7-11-13(19)17-14(20-11)15-12(18)9(2)16-17/h3-7H,1-2H3/b11-7+. The number of hydrogen-bond acceptors (Lipinski definition) is 5. The molecule has 20 heavy (non-hydrogen) atoms. The number of hydrogen-bond donors (Lipinski definition) is 0. The molecule has 3 rings (SSSR count). The molecule has 5 nitrogen and oxygen atoms in total. The second-order valence-corrected chi connectivity index (χ2v) is 5.53. The van der Waals surface area contributed by atoms with Crippen LogP contribution >= 0.6 is 11.3 Å². The maximum absolute atomic E-state index is 12.2. The van der Waals surface area contributed by atoms with Gasteiger partial charge in [0.25, 0.3) is 11.1 Å². The van der Waals surface area contributed by atoms with Gasteiger partial charge >= 0.3 is 0 Å². The summed E-state index contributed by atoms with van der Waals surface area (Å²) in [5.41, 5.74) is 1.66. The molecule has 100 valence electrons. The maximum Gasteiger partial charge on any atom is 0.295 e. The van der Waals surface area contributed by atoms with Crippen LogP contribution in [-0.2, 0) is 0 Å². The van der Waals surface area contributed by atoms with Crippen molar-refractivity contribution in [2.45, 2.75) is 13.8 Å². The summed E-state index contributed by atoms with van der Waals surface area (Å²) in [7, 11) is 0. The molecule has 0 aliphatic carbocycles. The van der Waals surface area contributed by atoms with E-state index in [1.807, 2.05) is 31.2 Å². The summed E-state index contributed by atoms with van der Waals surface area (Å²) in [5, 5.41) is 3.97. The van der Waals surface area contributed by atoms with Gasteiger partial charge in [0, 0.05) is 0 Å². The minimum absolute atomic E-state index is 0.222. The number of aryl methyl sites for hydroxylation is 2. The normalized spacial score (nSPS) is 12.2. The van der Waals surface area contributed by atoms with Crippen molar-refractivity contribution < 1.29 is 0 Å². The van der Waals surface area contributed by atoms with Crippen molar-refractivity contribution in [3.8, 4) is 0 Å². The number of rotatable bonds is 1. The third-order valence-corrected chi connectivity index (χ3v) is 3.88. The molecule has 0 aliphatic heterocycles. The average molecular weight is 285 g/mol. The lowest BCUT2D eigenvalue weighted by Gasteiger charge is -1.92. The Hall–Kier alpha value is -2.34. The van der Waals surface area contributed by atoms with Gasteiger partial charge in [-0.1, -0.05) is 41.2 Å². The van der Waals surface area contributed by atoms with Gasteiger partial charge in [0.05, 0.1) is 4.53 Å². The monoisotopic (exact) mass is 285 g/mol. The summed E-state index contributed by atoms with van der Waals surface area (Å²) in [4.78, 5) is 27.8. The fourth-order valence-corrected chi connectivity index (χ4v) is 2.70. The largest absolute Gasteiger partial charge is 0.295 e. The quantitative estimate of drug-likeness (QED) is 0.659. The van der Waals surface area contributed by atoms with Crippen LogP contribution in [0, 0.1) is 13.8 Å². The average Bonchev–Trinajstić information content (AvgIpc) is 2.70. The summed E-state index contributed by atoms with van der Waals surface area (Å²) in [6.07, 6.45) is 1.78. The van der Waals surface area contributed by atoms with Gasteiger partial charge in [-0.15, -0.1) is 0 Å². The van der Waals surface area contributed by atoms with Gasteiger partial charge in [0.1, 0.15) is 5.69 Å². The van der Waals surface area contributed by atoms with Crippen LogP contribution < -0.4 is 15.7 Å². The lowest BCUT2D eigenvalue weighted by Crippen LogP contribution is -2.27. The van der Waals surface area contributed by atoms with E-state index in [4.69, 9.17) is 0 Å². The molecular weight excluding hydrogens is 274 g/mol. The molecular formula is C14H11N3O2S. The highest BCUT2D eigenvalue weighted by atomic mass is 32.1. The Bertz CT molecular complexity index is 955. The van der Waals surface area contributed by atoms with Crippen LogP contribution in [0.2, 0.25) is 0 Å². The van der Waals surface area contributed by atoms with Gasteiger partial charge in [-0.2, -0.15) is 14.6 Å². The van der Waals surface area contributed by atoms with Crippen LogP contribution in [-0.4, -0.2) is 14.6 Å². The SMILES string of the molecule is Cc1ccc(/C=c2/sc3nc(=O)c(C)nn3c2=O)cc1. The first-order valence-corrected chi connectivity index (χ1v) is 6.85. The second kappa shape index (κ2) is 4.64. The lowest BCUT2D eigenvalue weighted by molar-refractivity contribution is 0.833. The van der Waals surface area contributed by atoms with Crippen LogP contribution in [0.1, 0.15) is 16.8 Å². The first kappa shape index (κ1) is 12.7. The highest BCUT2D eigenvalue weighted by Gasteiger charge is 2.07. The fraction of sp³-hybridized carbons (Fsp3) is 0.143. The van der Waals surface area contributed by atoms with Crippen molar-refractivity contribution in [3.05, 3.63) is 66.3 Å². The van der Waals surface area contributed by atoms with Crippen molar-refractivity contribution in [1.29, 1.82) is 0 Å². The molecule has 0 aliphatic rings. The molecule has 0 saturated heterocycles. The number of nitrogens with zero attached hydrogens (tertiary/aromatic N) is 3. The molecule has 0 fully saturated rings. The van der Waals surface area contributed by atoms with Gasteiger partial charge in [0.2, 0.25) is 4.96 Å². The van der Waals surface area contributed by atoms with Gasteiger partial charge in [-0.3, -0.25) is 9.59 Å². The summed E-state index contributed by atoms with van der Waals surface area (Å²) in [5.74, 6) is 0. The van der Waals surface area contributed by atoms with Crippen LogP contribution in [0.4, 0.5) is 0 Å². The molecule has 2 heterocycles. The zero-order chi connectivity index (χ0) is 14.3. The molecule has 0 unspecified atom stereocenters. The first-order valence-electron chi connectivity index (χ1n) is 6.03. The Morgan fingerprint density at radius 3 is 2.55 bits per heavy atom. The predicted octanol–water partition coefficient (Wildman–Crippen LogP) is 0.676. The van der Waals surface area contributed by atoms with E-state index in [2.05, 4.69) is 10.1 Å². The zero-order valence-corrected chi connectivity index (χ0v) is 11.8. The molecule has 0 saturated carbocycles. The fourth-order valence-electron chi connectivity index (χ4n) is 1.80. The van der Waals surface area contributed by atoms with Gasteiger partial charge in [-0.05, 0) is 25.5 Å². The van der Waals surface area contributed by atoms with Gasteiger partial charge in [-0.25, -0.2) is 0 Å². The lowest BCUT2D eigenvalue weighted by atomic mass is 10.1. The van der Waals surface area contributed by atoms with E-state index in [-0.39, 0.29) is 11.3 Å². The Morgan fingerprint density at radius 2 is 1.85 bits per heavy atom. The third kappa shape index (κ3) is 2.14. The molecule has 0 spiro atoms. The molecule has 0 bridgehead atoms. The third-order valence-electron chi connectivity index (χ3n) is 2.92. The van der Waals surface area contributed by atoms with Gasteiger partial charge < -0.3 is 0 Å². The maximum atomic E-state index is 12.2. The molecule has 0 atom stereocenters. The number of benzene rings is 1. The Kier molecular flexibility index (Phi) is 2.94. The number of aromatic nitrogens is 3. The van der Waals surface area contributed by atoms with Crippen LogP contribution in [0.25, 0.3) is 11.0 Å². The van der Waals surface area contributed by atoms with Crippen molar-refractivity contribution in [3.63, 3.8) is 0 Å². The van der Waals surface area contributed by atoms with Crippen molar-refractivity contribution in [2.24, 2.45) is 0 Å². The van der Waals surface area contributed by atoms with Crippen LogP contribution in [0.15, 0.2) is 33.9 Å². The number of fused-ring (bicyclic) bond motifs is 1. The topological polar surface area (TPSA) is 64.3 Å². The second-order valence-electron chi connectivity index (χ2n) is 4.52. The summed E-state index contributed by atoms with van der Waals surface area (Å²) < 4.78 is 1.69. The van der Waals surface area contributed by atoms with E-state index >= 15 is 0 Å². The molecule has 1 aromatic carbocycles. The smallest absolute Gasteiger partial charge is 0.266 e. The van der Waals surface area contributed by atoms with E-state index in [1.54, 1.807) is 13.0 Å². The van der Waals surface area contributed by atoms with Crippen LogP contribution in [0.3, 0.4) is 0 Å². The van der Waals surface area contributed by atoms with Crippen molar-refractivity contribution in [2.75, 3.05) is 0 Å². The molecule has 0 amide bonds. The predicted molar refractivity (Wildman–Crippen MR) is 78.1 cm³/mol.